The van der Waals surface area contributed by atoms with Crippen molar-refractivity contribution in [2.24, 2.45) is 0 Å². The van der Waals surface area contributed by atoms with Crippen LogP contribution in [-0.4, -0.2) is 37.5 Å². The topological polar surface area (TPSA) is 66.5 Å². The van der Waals surface area contributed by atoms with Gasteiger partial charge in [0, 0.05) is 23.7 Å². The maximum absolute atomic E-state index is 13.6. The van der Waals surface area contributed by atoms with E-state index in [2.05, 4.69) is 5.32 Å². The van der Waals surface area contributed by atoms with Crippen LogP contribution in [0.25, 0.3) is 0 Å². The van der Waals surface area contributed by atoms with Gasteiger partial charge in [-0.05, 0) is 49.6 Å². The molecule has 0 atom stereocenters. The molecule has 1 aliphatic heterocycles. The lowest BCUT2D eigenvalue weighted by molar-refractivity contribution is -0.113. The minimum absolute atomic E-state index is 0.0308. The molecule has 28 heavy (non-hydrogen) atoms. The highest BCUT2D eigenvalue weighted by molar-refractivity contribution is 8.00. The molecule has 8 heteroatoms. The molecule has 0 radical (unpaired) electrons. The summed E-state index contributed by atoms with van der Waals surface area (Å²) >= 11 is 1.10. The summed E-state index contributed by atoms with van der Waals surface area (Å²) in [6.07, 6.45) is 2.77. The maximum atomic E-state index is 13.6. The predicted molar refractivity (Wildman–Crippen MR) is 110 cm³/mol. The van der Waals surface area contributed by atoms with Gasteiger partial charge < -0.3 is 5.32 Å². The van der Waals surface area contributed by atoms with Crippen molar-refractivity contribution in [1.29, 1.82) is 0 Å². The first kappa shape index (κ1) is 20.8. The van der Waals surface area contributed by atoms with E-state index >= 15 is 0 Å². The van der Waals surface area contributed by atoms with Crippen LogP contribution in [0.1, 0.15) is 24.8 Å². The van der Waals surface area contributed by atoms with E-state index in [4.69, 9.17) is 0 Å². The summed E-state index contributed by atoms with van der Waals surface area (Å²) < 4.78 is 41.1. The average molecular weight is 423 g/mol. The lowest BCUT2D eigenvalue weighted by atomic mass is 10.2. The Kier molecular flexibility index (Phi) is 6.74. The number of nitrogens with one attached hydrogen (secondary N) is 1. The average Bonchev–Trinajstić information content (AvgIpc) is 2.69. The number of thioether (sulfide) groups is 1. The van der Waals surface area contributed by atoms with Gasteiger partial charge in [-0.15, -0.1) is 11.8 Å². The Balaban J connectivity index is 1.70. The Morgan fingerprint density at radius 3 is 2.57 bits per heavy atom. The van der Waals surface area contributed by atoms with Crippen LogP contribution in [0, 0.1) is 12.7 Å². The molecule has 0 unspecified atom stereocenters. The normalized spacial score (nSPS) is 15.4. The van der Waals surface area contributed by atoms with Gasteiger partial charge in [-0.25, -0.2) is 12.8 Å². The predicted octanol–water partition coefficient (Wildman–Crippen LogP) is 4.04. The van der Waals surface area contributed by atoms with Gasteiger partial charge in [0.1, 0.15) is 5.82 Å². The smallest absolute Gasteiger partial charge is 0.243 e. The lowest BCUT2D eigenvalue weighted by Crippen LogP contribution is -2.36. The number of anilines is 1. The maximum Gasteiger partial charge on any atom is 0.243 e. The molecule has 150 valence electrons. The van der Waals surface area contributed by atoms with Crippen LogP contribution in [0.2, 0.25) is 0 Å². The Labute approximate surface area is 169 Å². The van der Waals surface area contributed by atoms with Crippen LogP contribution in [0.15, 0.2) is 52.3 Å². The van der Waals surface area contributed by atoms with E-state index < -0.39 is 10.0 Å². The SMILES string of the molecule is Cc1ccc(NC(=O)CSc2ccccc2F)cc1S(=O)(=O)N1CCCCC1. The minimum Gasteiger partial charge on any atom is -0.325 e. The highest BCUT2D eigenvalue weighted by atomic mass is 32.2. The lowest BCUT2D eigenvalue weighted by Gasteiger charge is -2.26. The molecule has 1 amide bonds. The summed E-state index contributed by atoms with van der Waals surface area (Å²) in [6.45, 7) is 2.80. The molecule has 0 bridgehead atoms. The van der Waals surface area contributed by atoms with Crippen molar-refractivity contribution in [3.8, 4) is 0 Å². The summed E-state index contributed by atoms with van der Waals surface area (Å²) in [5, 5.41) is 2.71. The molecular formula is C20H23FN2O3S2. The Hall–Kier alpha value is -1.90. The first-order valence-corrected chi connectivity index (χ1v) is 11.6. The van der Waals surface area contributed by atoms with Gasteiger partial charge in [-0.1, -0.05) is 24.6 Å². The molecule has 1 heterocycles. The number of rotatable bonds is 6. The molecule has 1 N–H and O–H groups in total. The molecule has 0 aliphatic carbocycles. The fourth-order valence-corrected chi connectivity index (χ4v) is 5.61. The van der Waals surface area contributed by atoms with E-state index in [0.717, 1.165) is 31.0 Å². The summed E-state index contributed by atoms with van der Waals surface area (Å²) in [7, 11) is -3.58. The Morgan fingerprint density at radius 2 is 1.86 bits per heavy atom. The van der Waals surface area contributed by atoms with Gasteiger partial charge >= 0.3 is 0 Å². The number of hydrogen-bond donors (Lipinski definition) is 1. The first-order chi connectivity index (χ1) is 13.4. The van der Waals surface area contributed by atoms with Gasteiger partial charge in [0.05, 0.1) is 10.6 Å². The fourth-order valence-electron chi connectivity index (χ4n) is 3.10. The summed E-state index contributed by atoms with van der Waals surface area (Å²) in [4.78, 5) is 12.8. The molecule has 1 aliphatic rings. The Morgan fingerprint density at radius 1 is 1.14 bits per heavy atom. The standard InChI is InChI=1S/C20H23FN2O3S2/c1-15-9-10-16(13-19(15)28(25,26)23-11-5-2-6-12-23)22-20(24)14-27-18-8-4-3-7-17(18)21/h3-4,7-10,13H,2,5-6,11-12,14H2,1H3,(H,22,24). The minimum atomic E-state index is -3.58. The zero-order chi connectivity index (χ0) is 20.1. The number of halogens is 1. The number of carbonyl (C=O) groups is 1. The van der Waals surface area contributed by atoms with E-state index in [9.17, 15) is 17.6 Å². The monoisotopic (exact) mass is 422 g/mol. The Bertz CT molecular complexity index is 958. The van der Waals surface area contributed by atoms with Crippen molar-refractivity contribution in [2.75, 3.05) is 24.2 Å². The van der Waals surface area contributed by atoms with Crippen molar-refractivity contribution in [1.82, 2.24) is 4.31 Å². The molecular weight excluding hydrogens is 399 g/mol. The van der Waals surface area contributed by atoms with Crippen molar-refractivity contribution < 1.29 is 17.6 Å². The highest BCUT2D eigenvalue weighted by Crippen LogP contribution is 2.26. The van der Waals surface area contributed by atoms with Gasteiger partial charge in [0.25, 0.3) is 0 Å². The number of carbonyl (C=O) groups excluding carboxylic acids is 1. The number of hydrogen-bond acceptors (Lipinski definition) is 4. The summed E-state index contributed by atoms with van der Waals surface area (Å²) in [5.41, 5.74) is 1.06. The molecule has 5 nitrogen and oxygen atoms in total. The summed E-state index contributed by atoms with van der Waals surface area (Å²) in [6, 6.07) is 11.1. The molecule has 2 aromatic carbocycles. The van der Waals surface area contributed by atoms with Crippen LogP contribution in [0.3, 0.4) is 0 Å². The van der Waals surface area contributed by atoms with Crippen LogP contribution < -0.4 is 5.32 Å². The van der Waals surface area contributed by atoms with Gasteiger partial charge in [-0.3, -0.25) is 4.79 Å². The quantitative estimate of drug-likeness (QED) is 0.714. The largest absolute Gasteiger partial charge is 0.325 e. The number of nitrogens with zero attached hydrogens (tertiary/aromatic N) is 1. The van der Waals surface area contributed by atoms with Crippen molar-refractivity contribution >= 4 is 33.4 Å². The van der Waals surface area contributed by atoms with Crippen molar-refractivity contribution in [3.63, 3.8) is 0 Å². The van der Waals surface area contributed by atoms with E-state index in [1.807, 2.05) is 0 Å². The highest BCUT2D eigenvalue weighted by Gasteiger charge is 2.27. The van der Waals surface area contributed by atoms with Crippen LogP contribution in [0.4, 0.5) is 10.1 Å². The van der Waals surface area contributed by atoms with E-state index in [0.29, 0.717) is 29.2 Å². The van der Waals surface area contributed by atoms with Crippen LogP contribution in [0.5, 0.6) is 0 Å². The second kappa shape index (κ2) is 9.07. The molecule has 0 spiro atoms. The van der Waals surface area contributed by atoms with Crippen molar-refractivity contribution in [3.05, 3.63) is 53.8 Å². The van der Waals surface area contributed by atoms with Crippen LogP contribution in [-0.2, 0) is 14.8 Å². The fraction of sp³-hybridized carbons (Fsp3) is 0.350. The number of piperidine rings is 1. The molecule has 1 fully saturated rings. The van der Waals surface area contributed by atoms with Gasteiger partial charge in [0.2, 0.25) is 15.9 Å². The van der Waals surface area contributed by atoms with Crippen molar-refractivity contribution in [2.45, 2.75) is 36.0 Å². The number of benzene rings is 2. The zero-order valence-electron chi connectivity index (χ0n) is 15.7. The number of sulfonamides is 1. The number of amides is 1. The first-order valence-electron chi connectivity index (χ1n) is 9.16. The third-order valence-corrected chi connectivity index (χ3v) is 7.69. The van der Waals surface area contributed by atoms with E-state index in [-0.39, 0.29) is 22.4 Å². The molecule has 1 saturated heterocycles. The third kappa shape index (κ3) is 4.92. The second-order valence-electron chi connectivity index (χ2n) is 6.71. The number of aryl methyl sites for hydroxylation is 1. The third-order valence-electron chi connectivity index (χ3n) is 4.60. The molecule has 0 aromatic heterocycles. The van der Waals surface area contributed by atoms with Gasteiger partial charge in [-0.2, -0.15) is 4.31 Å². The molecule has 3 rings (SSSR count). The zero-order valence-corrected chi connectivity index (χ0v) is 17.3. The molecule has 0 saturated carbocycles. The van der Waals surface area contributed by atoms with Gasteiger partial charge in [0.15, 0.2) is 0 Å². The van der Waals surface area contributed by atoms with E-state index in [1.165, 1.54) is 16.4 Å². The van der Waals surface area contributed by atoms with E-state index in [1.54, 1.807) is 37.3 Å². The van der Waals surface area contributed by atoms with Crippen LogP contribution >= 0.6 is 11.8 Å². The molecule has 2 aromatic rings. The second-order valence-corrected chi connectivity index (χ2v) is 9.64. The summed E-state index contributed by atoms with van der Waals surface area (Å²) in [5.74, 6) is -0.660.